The lowest BCUT2D eigenvalue weighted by molar-refractivity contribution is -0.150. The number of hydrogen-bond acceptors (Lipinski definition) is 3. The van der Waals surface area contributed by atoms with Gasteiger partial charge in [-0.25, -0.2) is 0 Å². The molecule has 2 unspecified atom stereocenters. The Labute approximate surface area is 86.3 Å². The summed E-state index contributed by atoms with van der Waals surface area (Å²) in [6.07, 6.45) is 1.20. The summed E-state index contributed by atoms with van der Waals surface area (Å²) in [5.41, 5.74) is 5.38. The second-order valence-corrected chi connectivity index (χ2v) is 3.50. The van der Waals surface area contributed by atoms with E-state index in [1.165, 1.54) is 0 Å². The van der Waals surface area contributed by atoms with Gasteiger partial charge < -0.3 is 15.2 Å². The number of amidine groups is 1. The van der Waals surface area contributed by atoms with Gasteiger partial charge in [0.2, 0.25) is 6.29 Å². The molecule has 0 saturated carbocycles. The zero-order valence-corrected chi connectivity index (χ0v) is 9.54. The fourth-order valence-electron chi connectivity index (χ4n) is 0.793. The molecule has 0 rings (SSSR count). The van der Waals surface area contributed by atoms with Crippen LogP contribution in [0.15, 0.2) is 0 Å². The van der Waals surface area contributed by atoms with Crippen molar-refractivity contribution in [2.45, 2.75) is 59.0 Å². The van der Waals surface area contributed by atoms with Crippen molar-refractivity contribution >= 4 is 5.84 Å². The third-order valence-electron chi connectivity index (χ3n) is 2.12. The molecule has 0 amide bonds. The topological polar surface area (TPSA) is 68.3 Å². The Hall–Kier alpha value is -0.610. The van der Waals surface area contributed by atoms with Crippen LogP contribution in [0.25, 0.3) is 0 Å². The van der Waals surface area contributed by atoms with E-state index in [-0.39, 0.29) is 18.0 Å². The van der Waals surface area contributed by atoms with Crippen molar-refractivity contribution in [2.75, 3.05) is 0 Å². The lowest BCUT2D eigenvalue weighted by Gasteiger charge is -2.23. The summed E-state index contributed by atoms with van der Waals surface area (Å²) in [6.45, 7) is 7.92. The van der Waals surface area contributed by atoms with Gasteiger partial charge in [0.25, 0.3) is 0 Å². The molecule has 0 bridgehead atoms. The lowest BCUT2D eigenvalue weighted by Crippen LogP contribution is -2.37. The van der Waals surface area contributed by atoms with Gasteiger partial charge in [0, 0.05) is 0 Å². The van der Waals surface area contributed by atoms with Crippen LogP contribution in [0.5, 0.6) is 0 Å². The smallest absolute Gasteiger partial charge is 0.216 e. The minimum absolute atomic E-state index is 0.0629. The van der Waals surface area contributed by atoms with Gasteiger partial charge in [0.05, 0.1) is 12.2 Å². The van der Waals surface area contributed by atoms with Crippen LogP contribution in [0.3, 0.4) is 0 Å². The Morgan fingerprint density at radius 3 is 1.71 bits per heavy atom. The molecule has 4 nitrogen and oxygen atoms in total. The van der Waals surface area contributed by atoms with E-state index in [9.17, 15) is 0 Å². The highest BCUT2D eigenvalue weighted by atomic mass is 16.7. The summed E-state index contributed by atoms with van der Waals surface area (Å²) < 4.78 is 10.9. The molecule has 0 aromatic heterocycles. The zero-order valence-electron chi connectivity index (χ0n) is 9.54. The predicted molar refractivity (Wildman–Crippen MR) is 57.4 cm³/mol. The van der Waals surface area contributed by atoms with Crippen LogP contribution in [0, 0.1) is 5.41 Å². The molecule has 0 aliphatic rings. The first-order valence-electron chi connectivity index (χ1n) is 5.16. The summed E-state index contributed by atoms with van der Waals surface area (Å²) in [4.78, 5) is 0. The van der Waals surface area contributed by atoms with Gasteiger partial charge in [-0.2, -0.15) is 0 Å². The van der Waals surface area contributed by atoms with Crippen molar-refractivity contribution in [3.05, 3.63) is 0 Å². The Balaban J connectivity index is 4.09. The van der Waals surface area contributed by atoms with Crippen LogP contribution < -0.4 is 5.73 Å². The molecule has 4 heteroatoms. The van der Waals surface area contributed by atoms with E-state index >= 15 is 0 Å². The highest BCUT2D eigenvalue weighted by molar-refractivity contribution is 5.80. The van der Waals surface area contributed by atoms with Crippen molar-refractivity contribution in [2.24, 2.45) is 5.73 Å². The van der Waals surface area contributed by atoms with Crippen LogP contribution in [0.4, 0.5) is 0 Å². The molecular formula is C10H22N2O2. The molecule has 0 aliphatic heterocycles. The van der Waals surface area contributed by atoms with E-state index in [2.05, 4.69) is 0 Å². The fourth-order valence-corrected chi connectivity index (χ4v) is 0.793. The highest BCUT2D eigenvalue weighted by Crippen LogP contribution is 2.08. The van der Waals surface area contributed by atoms with Gasteiger partial charge in [-0.05, 0) is 26.7 Å². The van der Waals surface area contributed by atoms with Crippen molar-refractivity contribution in [3.63, 3.8) is 0 Å². The van der Waals surface area contributed by atoms with E-state index in [0.717, 1.165) is 12.8 Å². The van der Waals surface area contributed by atoms with Crippen LogP contribution in [0.1, 0.15) is 40.5 Å². The van der Waals surface area contributed by atoms with Gasteiger partial charge in [0.1, 0.15) is 5.84 Å². The number of ether oxygens (including phenoxy) is 2. The standard InChI is InChI=1S/C10H22N2O2/c1-5-7(3)13-10(9(11)12)14-8(4)6-2/h7-8,10H,5-6H2,1-4H3,(H3,11,12). The first kappa shape index (κ1) is 13.4. The molecule has 0 saturated heterocycles. The van der Waals surface area contributed by atoms with Crippen LogP contribution in [-0.2, 0) is 9.47 Å². The number of rotatable bonds is 7. The first-order chi connectivity index (χ1) is 6.51. The van der Waals surface area contributed by atoms with E-state index in [0.29, 0.717) is 0 Å². The van der Waals surface area contributed by atoms with Crippen LogP contribution >= 0.6 is 0 Å². The zero-order chi connectivity index (χ0) is 11.1. The Morgan fingerprint density at radius 1 is 1.14 bits per heavy atom. The van der Waals surface area contributed by atoms with Gasteiger partial charge in [0.15, 0.2) is 0 Å². The largest absolute Gasteiger partial charge is 0.383 e. The SMILES string of the molecule is CCC(C)OC(OC(C)CC)C(=N)N. The summed E-state index contributed by atoms with van der Waals surface area (Å²) >= 11 is 0. The molecule has 0 heterocycles. The second kappa shape index (κ2) is 6.79. The second-order valence-electron chi connectivity index (χ2n) is 3.50. The number of nitrogens with two attached hydrogens (primary N) is 1. The van der Waals surface area contributed by atoms with Crippen LogP contribution in [-0.4, -0.2) is 24.3 Å². The number of nitrogens with one attached hydrogen (secondary N) is 1. The maximum atomic E-state index is 7.32. The van der Waals surface area contributed by atoms with Crippen molar-refractivity contribution in [3.8, 4) is 0 Å². The first-order valence-corrected chi connectivity index (χ1v) is 5.16. The molecule has 0 aromatic rings. The minimum atomic E-state index is -0.695. The molecule has 2 atom stereocenters. The summed E-state index contributed by atoms with van der Waals surface area (Å²) in [5, 5.41) is 7.32. The van der Waals surface area contributed by atoms with Gasteiger partial charge in [-0.15, -0.1) is 0 Å². The molecule has 84 valence electrons. The molecule has 0 fully saturated rings. The van der Waals surface area contributed by atoms with Gasteiger partial charge in [-0.1, -0.05) is 13.8 Å². The normalized spacial score (nSPS) is 17.4. The van der Waals surface area contributed by atoms with Crippen molar-refractivity contribution in [1.82, 2.24) is 0 Å². The Kier molecular flexibility index (Phi) is 6.49. The predicted octanol–water partition coefficient (Wildman–Crippen LogP) is 1.88. The third-order valence-corrected chi connectivity index (χ3v) is 2.12. The molecule has 0 radical (unpaired) electrons. The fraction of sp³-hybridized carbons (Fsp3) is 0.900. The monoisotopic (exact) mass is 202 g/mol. The van der Waals surface area contributed by atoms with Gasteiger partial charge in [-0.3, -0.25) is 5.41 Å². The molecular weight excluding hydrogens is 180 g/mol. The van der Waals surface area contributed by atoms with E-state index in [1.54, 1.807) is 0 Å². The quantitative estimate of drug-likeness (QED) is 0.376. The lowest BCUT2D eigenvalue weighted by atomic mass is 10.3. The molecule has 0 spiro atoms. The van der Waals surface area contributed by atoms with E-state index < -0.39 is 6.29 Å². The maximum absolute atomic E-state index is 7.32. The van der Waals surface area contributed by atoms with E-state index in [1.807, 2.05) is 27.7 Å². The average Bonchev–Trinajstić information content (AvgIpc) is 2.16. The minimum Gasteiger partial charge on any atom is -0.383 e. The summed E-state index contributed by atoms with van der Waals surface area (Å²) in [5.74, 6) is -0.0643. The third kappa shape index (κ3) is 5.19. The Morgan fingerprint density at radius 2 is 1.50 bits per heavy atom. The molecule has 3 N–H and O–H groups in total. The molecule has 0 aromatic carbocycles. The van der Waals surface area contributed by atoms with E-state index in [4.69, 9.17) is 20.6 Å². The number of hydrogen-bond donors (Lipinski definition) is 2. The average molecular weight is 202 g/mol. The van der Waals surface area contributed by atoms with Crippen molar-refractivity contribution < 1.29 is 9.47 Å². The molecule has 14 heavy (non-hydrogen) atoms. The summed E-state index contributed by atoms with van der Waals surface area (Å²) in [6, 6.07) is 0. The summed E-state index contributed by atoms with van der Waals surface area (Å²) in [7, 11) is 0. The van der Waals surface area contributed by atoms with Gasteiger partial charge >= 0.3 is 0 Å². The van der Waals surface area contributed by atoms with Crippen LogP contribution in [0.2, 0.25) is 0 Å². The van der Waals surface area contributed by atoms with Crippen molar-refractivity contribution in [1.29, 1.82) is 5.41 Å². The Bertz CT molecular complexity index is 162. The molecule has 0 aliphatic carbocycles. The maximum Gasteiger partial charge on any atom is 0.216 e. The highest BCUT2D eigenvalue weighted by Gasteiger charge is 2.18.